The van der Waals surface area contributed by atoms with Gasteiger partial charge < -0.3 is 84.5 Å². The number of nitrogens with zero attached hydrogens (tertiary/aromatic N) is 1. The average Bonchev–Trinajstić information content (AvgIpc) is 1.36. The fourth-order valence-corrected chi connectivity index (χ4v) is 11.9. The van der Waals surface area contributed by atoms with Crippen molar-refractivity contribution in [1.29, 1.82) is 0 Å². The molecule has 3 aliphatic rings. The van der Waals surface area contributed by atoms with Crippen LogP contribution in [0, 0.1) is 11.3 Å². The Balaban J connectivity index is 0.742. The molecule has 0 bridgehead atoms. The molecule has 2 aromatic rings. The number of likely N-dealkylation sites (tertiary alicyclic amines) is 1. The van der Waals surface area contributed by atoms with Crippen LogP contribution in [0.3, 0.4) is 0 Å². The van der Waals surface area contributed by atoms with E-state index in [-0.39, 0.29) is 134 Å². The van der Waals surface area contributed by atoms with E-state index in [0.29, 0.717) is 123 Å². The number of halogens is 2. The number of carboxylic acids is 1. The summed E-state index contributed by atoms with van der Waals surface area (Å²) in [5, 5.41) is 43.7. The molecular weight excluding hydrogens is 1240 g/mol. The number of ether oxygens (including phenoxy) is 9. The molecule has 1 aliphatic carbocycles. The minimum atomic E-state index is -1.19. The third-order valence-electron chi connectivity index (χ3n) is 15.4. The molecule has 2 saturated heterocycles. The van der Waals surface area contributed by atoms with Crippen LogP contribution in [0.5, 0.6) is 0 Å². The van der Waals surface area contributed by atoms with E-state index in [1.54, 1.807) is 56.3 Å². The fraction of sp³-hybridized carbons (Fsp3) is 0.672. The Morgan fingerprint density at radius 1 is 0.700 bits per heavy atom. The van der Waals surface area contributed by atoms with E-state index in [2.05, 4.69) is 26.6 Å². The highest BCUT2D eigenvalue weighted by molar-refractivity contribution is 8.00. The number of aliphatic hydroxyl groups is 2. The molecule has 2 aliphatic heterocycles. The van der Waals surface area contributed by atoms with Crippen molar-refractivity contribution in [2.24, 2.45) is 11.3 Å². The standard InChI is InChI=1S/C61H90Cl2N6O20S/c1-41-48(40-70)89-42(2)55(56(41)75)68-52(73)14-37-90-49-39-53(74)69(58(49)77)20-12-50(71)65-19-22-82-24-26-84-28-30-86-32-34-88-36-35-87-33-31-85-29-27-83-25-23-81-21-13-51(72)64-18-17-61(15-3-4-16-61)60(80)67-47(59(78)79)38-43-8-10-44(11-9-43)66-57(76)54-45(62)6-5-7-46(54)63/h5-11,41-42,47-49,55-56,70,75H,3-4,12-40H2,1-2H3,(H,64,72)(H,65,71)(H,66,76)(H,67,80)(H,68,73)(H,78,79)/t41-,42+,47+,48-,49?,55+,56-/m1/s1. The first-order valence-corrected chi connectivity index (χ1v) is 32.5. The molecule has 7 atom stereocenters. The lowest BCUT2D eigenvalue weighted by Gasteiger charge is -2.42. The normalized spacial score (nSPS) is 20.0. The van der Waals surface area contributed by atoms with E-state index < -0.39 is 52.9 Å². The first kappa shape index (κ1) is 75.6. The van der Waals surface area contributed by atoms with Crippen LogP contribution in [0.15, 0.2) is 42.5 Å². The molecule has 504 valence electrons. The largest absolute Gasteiger partial charge is 0.480 e. The third kappa shape index (κ3) is 26.8. The second-order valence-corrected chi connectivity index (χ2v) is 24.0. The molecule has 1 saturated carbocycles. The van der Waals surface area contributed by atoms with Crippen LogP contribution in [0.2, 0.25) is 10.0 Å². The molecule has 5 rings (SSSR count). The maximum atomic E-state index is 13.7. The number of aliphatic carboxylic acids is 1. The van der Waals surface area contributed by atoms with Crippen LogP contribution in [0.25, 0.3) is 0 Å². The fourth-order valence-electron chi connectivity index (χ4n) is 10.2. The molecule has 0 aromatic heterocycles. The van der Waals surface area contributed by atoms with Crippen molar-refractivity contribution < 1.29 is 96.3 Å². The van der Waals surface area contributed by atoms with Crippen molar-refractivity contribution in [1.82, 2.24) is 26.2 Å². The minimum absolute atomic E-state index is 0.0103. The summed E-state index contributed by atoms with van der Waals surface area (Å²) in [5.41, 5.74) is 0.427. The molecule has 0 radical (unpaired) electrons. The van der Waals surface area contributed by atoms with Gasteiger partial charge in [-0.15, -0.1) is 11.8 Å². The van der Waals surface area contributed by atoms with Gasteiger partial charge in [-0.3, -0.25) is 38.5 Å². The molecule has 8 N–H and O–H groups in total. The van der Waals surface area contributed by atoms with E-state index in [1.165, 1.54) is 11.8 Å². The molecule has 26 nitrogen and oxygen atoms in total. The third-order valence-corrected chi connectivity index (χ3v) is 17.2. The summed E-state index contributed by atoms with van der Waals surface area (Å²) in [4.78, 5) is 103. The lowest BCUT2D eigenvalue weighted by atomic mass is 9.81. The summed E-state index contributed by atoms with van der Waals surface area (Å²) < 4.78 is 49.9. The summed E-state index contributed by atoms with van der Waals surface area (Å²) in [7, 11) is 0. The summed E-state index contributed by atoms with van der Waals surface area (Å²) in [6.07, 6.45) is 1.41. The van der Waals surface area contributed by atoms with E-state index in [9.17, 15) is 53.7 Å². The van der Waals surface area contributed by atoms with Crippen molar-refractivity contribution in [2.75, 3.05) is 143 Å². The summed E-state index contributed by atoms with van der Waals surface area (Å²) in [6, 6.07) is 9.53. The molecular formula is C61H90Cl2N6O20S. The van der Waals surface area contributed by atoms with Gasteiger partial charge in [-0.05, 0) is 56.0 Å². The van der Waals surface area contributed by atoms with Crippen molar-refractivity contribution in [2.45, 2.75) is 114 Å². The molecule has 29 heteroatoms. The number of hydrogen-bond donors (Lipinski definition) is 8. The summed E-state index contributed by atoms with van der Waals surface area (Å²) >= 11 is 13.5. The van der Waals surface area contributed by atoms with Crippen LogP contribution in [-0.2, 0) is 82.6 Å². The van der Waals surface area contributed by atoms with E-state index >= 15 is 0 Å². The highest BCUT2D eigenvalue weighted by Gasteiger charge is 2.44. The van der Waals surface area contributed by atoms with E-state index in [0.717, 1.165) is 17.7 Å². The number of carbonyl (C=O) groups excluding carboxylic acids is 7. The predicted molar refractivity (Wildman–Crippen MR) is 332 cm³/mol. The number of amides is 7. The monoisotopic (exact) mass is 1330 g/mol. The smallest absolute Gasteiger partial charge is 0.326 e. The van der Waals surface area contributed by atoms with Gasteiger partial charge in [0.1, 0.15) is 6.04 Å². The molecule has 7 amide bonds. The minimum Gasteiger partial charge on any atom is -0.480 e. The Morgan fingerprint density at radius 3 is 1.77 bits per heavy atom. The Labute approximate surface area is 539 Å². The van der Waals surface area contributed by atoms with Crippen LogP contribution in [-0.4, -0.2) is 241 Å². The molecule has 2 heterocycles. The molecule has 0 spiro atoms. The van der Waals surface area contributed by atoms with Gasteiger partial charge in [-0.25, -0.2) is 4.79 Å². The first-order valence-electron chi connectivity index (χ1n) is 30.7. The lowest BCUT2D eigenvalue weighted by molar-refractivity contribution is -0.161. The van der Waals surface area contributed by atoms with Gasteiger partial charge in [-0.1, -0.05) is 61.2 Å². The lowest BCUT2D eigenvalue weighted by Crippen LogP contribution is -2.60. The highest BCUT2D eigenvalue weighted by atomic mass is 35.5. The maximum absolute atomic E-state index is 13.7. The Kier molecular flexibility index (Phi) is 35.4. The Morgan fingerprint density at radius 2 is 1.22 bits per heavy atom. The maximum Gasteiger partial charge on any atom is 0.326 e. The van der Waals surface area contributed by atoms with Crippen LogP contribution in [0.1, 0.15) is 87.6 Å². The number of anilines is 1. The van der Waals surface area contributed by atoms with Gasteiger partial charge in [0.05, 0.1) is 163 Å². The second-order valence-electron chi connectivity index (χ2n) is 21.9. The molecule has 1 unspecified atom stereocenters. The Bertz CT molecular complexity index is 2540. The average molecular weight is 1330 g/mol. The van der Waals surface area contributed by atoms with Gasteiger partial charge in [0.25, 0.3) is 5.91 Å². The van der Waals surface area contributed by atoms with Gasteiger partial charge in [0, 0.05) is 69.1 Å². The zero-order valence-electron chi connectivity index (χ0n) is 51.4. The number of imide groups is 1. The van der Waals surface area contributed by atoms with Crippen molar-refractivity contribution in [3.8, 4) is 0 Å². The van der Waals surface area contributed by atoms with Gasteiger partial charge >= 0.3 is 5.97 Å². The van der Waals surface area contributed by atoms with Crippen LogP contribution < -0.4 is 26.6 Å². The van der Waals surface area contributed by atoms with Crippen molar-refractivity contribution >= 4 is 88.0 Å². The van der Waals surface area contributed by atoms with Gasteiger partial charge in [0.2, 0.25) is 35.4 Å². The Hall–Kier alpha value is -5.11. The van der Waals surface area contributed by atoms with E-state index in [4.69, 9.17) is 65.8 Å². The SMILES string of the molecule is C[C@H]1[C@@H](O)[C@@H](NC(=O)CCSC2CC(=O)N(CCC(=O)NCCOCCOCCOCCOCCOCCOCCOCCOCCC(=O)NCCC3(C(=O)N[C@@H](Cc4ccc(NC(=O)c5c(Cl)cccc5Cl)cc4)C(=O)O)CCCC3)C2=O)[C@H](C)O[C@@H]1CO. The summed E-state index contributed by atoms with van der Waals surface area (Å²) in [5.74, 6) is -3.75. The second kappa shape index (κ2) is 42.2. The van der Waals surface area contributed by atoms with Crippen molar-refractivity contribution in [3.63, 3.8) is 0 Å². The number of hydrogen-bond acceptors (Lipinski definition) is 20. The quantitative estimate of drug-likeness (QED) is 0.0349. The number of thioether (sulfide) groups is 1. The first-order chi connectivity index (χ1) is 43.4. The zero-order valence-corrected chi connectivity index (χ0v) is 53.7. The highest BCUT2D eigenvalue weighted by Crippen LogP contribution is 2.41. The van der Waals surface area contributed by atoms with Gasteiger partial charge in [-0.2, -0.15) is 0 Å². The number of carboxylic acid groups (broad SMARTS) is 1. The molecule has 90 heavy (non-hydrogen) atoms. The number of carbonyl (C=O) groups is 8. The number of aliphatic hydroxyl groups excluding tert-OH is 2. The van der Waals surface area contributed by atoms with Gasteiger partial charge in [0.15, 0.2) is 0 Å². The number of benzene rings is 2. The topological polar surface area (TPSA) is 344 Å². The predicted octanol–water partition coefficient (Wildman–Crippen LogP) is 2.97. The van der Waals surface area contributed by atoms with Crippen LogP contribution in [0.4, 0.5) is 5.69 Å². The number of nitrogens with one attached hydrogen (secondary N) is 5. The van der Waals surface area contributed by atoms with Crippen molar-refractivity contribution in [3.05, 3.63) is 63.6 Å². The number of rotatable bonds is 46. The van der Waals surface area contributed by atoms with Crippen LogP contribution >= 0.6 is 35.0 Å². The zero-order chi connectivity index (χ0) is 65.1. The molecule has 2 aromatic carbocycles. The van der Waals surface area contributed by atoms with E-state index in [1.807, 2.05) is 0 Å². The molecule has 3 fully saturated rings. The summed E-state index contributed by atoms with van der Waals surface area (Å²) in [6.45, 7) is 9.24.